The summed E-state index contributed by atoms with van der Waals surface area (Å²) in [6.45, 7) is 7.52. The number of rotatable bonds is 2. The molecule has 0 bridgehead atoms. The Morgan fingerprint density at radius 3 is 2.44 bits per heavy atom. The van der Waals surface area contributed by atoms with E-state index in [4.69, 9.17) is 4.74 Å². The van der Waals surface area contributed by atoms with Crippen molar-refractivity contribution < 1.29 is 14.3 Å². The molecule has 4 heteroatoms. The average Bonchev–Trinajstić information content (AvgIpc) is 3.16. The van der Waals surface area contributed by atoms with Gasteiger partial charge in [-0.3, -0.25) is 14.5 Å². The van der Waals surface area contributed by atoms with Crippen LogP contribution in [-0.2, 0) is 14.3 Å². The van der Waals surface area contributed by atoms with Gasteiger partial charge in [-0.2, -0.15) is 0 Å². The number of hydrogen-bond acceptors (Lipinski definition) is 3. The summed E-state index contributed by atoms with van der Waals surface area (Å²) < 4.78 is 5.17. The Morgan fingerprint density at radius 2 is 1.94 bits per heavy atom. The fraction of sp³-hybridized carbons (Fsp3) is 0.857. The first-order valence-electron chi connectivity index (χ1n) is 6.84. The molecule has 2 amide bonds. The monoisotopic (exact) mass is 249 g/mol. The second kappa shape index (κ2) is 2.67. The van der Waals surface area contributed by atoms with Gasteiger partial charge in [-0.15, -0.1) is 0 Å². The fourth-order valence-corrected chi connectivity index (χ4v) is 5.04. The van der Waals surface area contributed by atoms with Crippen molar-refractivity contribution in [3.8, 4) is 0 Å². The lowest BCUT2D eigenvalue weighted by molar-refractivity contribution is -0.172. The van der Waals surface area contributed by atoms with Crippen LogP contribution < -0.4 is 0 Å². The van der Waals surface area contributed by atoms with Crippen molar-refractivity contribution in [3.05, 3.63) is 0 Å². The van der Waals surface area contributed by atoms with Crippen LogP contribution in [0.4, 0.5) is 0 Å². The molecule has 0 aromatic rings. The summed E-state index contributed by atoms with van der Waals surface area (Å²) in [4.78, 5) is 26.7. The zero-order valence-corrected chi connectivity index (χ0v) is 11.2. The van der Waals surface area contributed by atoms with Gasteiger partial charge in [0.1, 0.15) is 0 Å². The molecule has 0 aromatic heterocycles. The number of carbonyl (C=O) groups is 2. The van der Waals surface area contributed by atoms with E-state index in [9.17, 15) is 9.59 Å². The Morgan fingerprint density at radius 1 is 1.28 bits per heavy atom. The second-order valence-corrected chi connectivity index (χ2v) is 7.17. The maximum atomic E-state index is 12.7. The minimum atomic E-state index is -0.302. The van der Waals surface area contributed by atoms with E-state index in [1.165, 1.54) is 4.90 Å². The molecule has 98 valence electrons. The molecule has 0 radical (unpaired) electrons. The van der Waals surface area contributed by atoms with Crippen molar-refractivity contribution in [1.82, 2.24) is 4.90 Å². The second-order valence-electron chi connectivity index (χ2n) is 7.17. The van der Waals surface area contributed by atoms with Crippen LogP contribution in [0.3, 0.4) is 0 Å². The van der Waals surface area contributed by atoms with Crippen molar-refractivity contribution in [3.63, 3.8) is 0 Å². The van der Waals surface area contributed by atoms with Crippen molar-refractivity contribution in [2.75, 3.05) is 13.2 Å². The van der Waals surface area contributed by atoms with Crippen molar-refractivity contribution in [2.45, 2.75) is 39.7 Å². The highest BCUT2D eigenvalue weighted by Crippen LogP contribution is 2.86. The molecule has 4 aliphatic rings. The first kappa shape index (κ1) is 11.0. The van der Waals surface area contributed by atoms with Crippen LogP contribution in [0.1, 0.15) is 33.6 Å². The smallest absolute Gasteiger partial charge is 0.235 e. The van der Waals surface area contributed by atoms with Crippen LogP contribution >= 0.6 is 0 Å². The zero-order chi connectivity index (χ0) is 12.9. The van der Waals surface area contributed by atoms with E-state index in [1.54, 1.807) is 0 Å². The molecule has 0 unspecified atom stereocenters. The van der Waals surface area contributed by atoms with Crippen LogP contribution in [0.2, 0.25) is 0 Å². The van der Waals surface area contributed by atoms with Gasteiger partial charge in [0, 0.05) is 5.41 Å². The van der Waals surface area contributed by atoms with E-state index in [0.717, 1.165) is 12.8 Å². The first-order chi connectivity index (χ1) is 8.36. The molecule has 4 atom stereocenters. The Kier molecular flexibility index (Phi) is 1.63. The quantitative estimate of drug-likeness (QED) is 0.546. The molecule has 0 N–H and O–H groups in total. The third-order valence-electron chi connectivity index (χ3n) is 6.30. The number of ether oxygens (including phenoxy) is 1. The highest BCUT2D eigenvalue weighted by Gasteiger charge is 2.88. The van der Waals surface area contributed by atoms with Gasteiger partial charge in [0.05, 0.1) is 30.6 Å². The van der Waals surface area contributed by atoms with Crippen LogP contribution in [-0.4, -0.2) is 36.0 Å². The molecule has 2 saturated heterocycles. The number of nitrogens with zero attached hydrogens (tertiary/aromatic N) is 1. The third-order valence-corrected chi connectivity index (χ3v) is 6.30. The fourth-order valence-electron chi connectivity index (χ4n) is 5.04. The largest absolute Gasteiger partial charge is 0.371 e. The number of hydrogen-bond donors (Lipinski definition) is 0. The standard InChI is InChI=1S/C14H19NO3/c1-12(2)9-10(16)15(6-8-7-18-8)11(17)13(3)4-5-14(9,12)13/h8-9H,4-7H2,1-3H3/t8-,9+,13+,14+/m0/s1. The van der Waals surface area contributed by atoms with Gasteiger partial charge in [-0.25, -0.2) is 0 Å². The minimum absolute atomic E-state index is 0.00803. The van der Waals surface area contributed by atoms with Gasteiger partial charge in [0.25, 0.3) is 0 Å². The molecule has 1 spiro atoms. The van der Waals surface area contributed by atoms with Crippen LogP contribution in [0, 0.1) is 22.2 Å². The van der Waals surface area contributed by atoms with Gasteiger partial charge in [0.15, 0.2) is 0 Å². The van der Waals surface area contributed by atoms with E-state index in [-0.39, 0.29) is 40.1 Å². The lowest BCUT2D eigenvalue weighted by Gasteiger charge is -2.53. The van der Waals surface area contributed by atoms with Crippen LogP contribution in [0.25, 0.3) is 0 Å². The summed E-state index contributed by atoms with van der Waals surface area (Å²) >= 11 is 0. The van der Waals surface area contributed by atoms with Crippen molar-refractivity contribution >= 4 is 11.8 Å². The van der Waals surface area contributed by atoms with E-state index >= 15 is 0 Å². The van der Waals surface area contributed by atoms with E-state index in [1.807, 2.05) is 0 Å². The Labute approximate surface area is 107 Å². The lowest BCUT2D eigenvalue weighted by Crippen LogP contribution is -2.61. The van der Waals surface area contributed by atoms with Gasteiger partial charge in [-0.1, -0.05) is 20.8 Å². The molecule has 0 aromatic carbocycles. The minimum Gasteiger partial charge on any atom is -0.371 e. The predicted octanol–water partition coefficient (Wildman–Crippen LogP) is 1.20. The summed E-state index contributed by atoms with van der Waals surface area (Å²) in [5.41, 5.74) is -0.342. The summed E-state index contributed by atoms with van der Waals surface area (Å²) in [6.07, 6.45) is 2.06. The first-order valence-corrected chi connectivity index (χ1v) is 6.84. The highest BCUT2D eigenvalue weighted by molar-refractivity contribution is 6.07. The van der Waals surface area contributed by atoms with Crippen molar-refractivity contribution in [1.29, 1.82) is 0 Å². The van der Waals surface area contributed by atoms with Crippen molar-refractivity contribution in [2.24, 2.45) is 22.2 Å². The average molecular weight is 249 g/mol. The highest BCUT2D eigenvalue weighted by atomic mass is 16.6. The van der Waals surface area contributed by atoms with Gasteiger partial charge in [0.2, 0.25) is 11.8 Å². The summed E-state index contributed by atoms with van der Waals surface area (Å²) in [7, 11) is 0. The molecule has 2 aliphatic carbocycles. The molecule has 4 nitrogen and oxygen atoms in total. The van der Waals surface area contributed by atoms with E-state index in [2.05, 4.69) is 20.8 Å². The van der Waals surface area contributed by atoms with Gasteiger partial charge < -0.3 is 4.74 Å². The summed E-state index contributed by atoms with van der Waals surface area (Å²) in [6, 6.07) is 0. The number of piperidine rings is 1. The topological polar surface area (TPSA) is 49.9 Å². The number of imide groups is 1. The predicted molar refractivity (Wildman–Crippen MR) is 63.5 cm³/mol. The molecule has 4 fully saturated rings. The zero-order valence-electron chi connectivity index (χ0n) is 11.2. The molecule has 2 saturated carbocycles. The third kappa shape index (κ3) is 0.859. The maximum absolute atomic E-state index is 12.7. The molecule has 18 heavy (non-hydrogen) atoms. The Hall–Kier alpha value is -0.900. The Bertz CT molecular complexity index is 481. The molecule has 4 rings (SSSR count). The van der Waals surface area contributed by atoms with Gasteiger partial charge in [-0.05, 0) is 18.3 Å². The SMILES string of the molecule is CC1(C)[C@H]2C(=O)N(C[C@H]3CO3)C(=O)[C@@]3(C)CC[C@@]213. The number of likely N-dealkylation sites (tertiary alicyclic amines) is 1. The molecule has 2 heterocycles. The lowest BCUT2D eigenvalue weighted by atomic mass is 9.53. The summed E-state index contributed by atoms with van der Waals surface area (Å²) in [5.74, 6) is 0.161. The Balaban J connectivity index is 1.74. The van der Waals surface area contributed by atoms with Crippen LogP contribution in [0.5, 0.6) is 0 Å². The summed E-state index contributed by atoms with van der Waals surface area (Å²) in [5, 5.41) is 0. The van der Waals surface area contributed by atoms with E-state index in [0.29, 0.717) is 13.2 Å². The maximum Gasteiger partial charge on any atom is 0.235 e. The number of carbonyl (C=O) groups excluding carboxylic acids is 2. The number of epoxide rings is 1. The van der Waals surface area contributed by atoms with E-state index < -0.39 is 0 Å². The number of amides is 2. The van der Waals surface area contributed by atoms with Crippen LogP contribution in [0.15, 0.2) is 0 Å². The normalized spacial score (nSPS) is 51.4. The molecular formula is C14H19NO3. The molecule has 2 aliphatic heterocycles. The molecular weight excluding hydrogens is 230 g/mol. The van der Waals surface area contributed by atoms with Gasteiger partial charge >= 0.3 is 0 Å².